The van der Waals surface area contributed by atoms with Crippen molar-refractivity contribution in [1.29, 1.82) is 5.26 Å². The van der Waals surface area contributed by atoms with Gasteiger partial charge >= 0.3 is 0 Å². The maximum atomic E-state index is 9.56. The van der Waals surface area contributed by atoms with Gasteiger partial charge in [0.05, 0.1) is 0 Å². The van der Waals surface area contributed by atoms with Gasteiger partial charge in [0.2, 0.25) is 4.96 Å². The number of hydrogen-bond acceptors (Lipinski definition) is 4. The van der Waals surface area contributed by atoms with E-state index in [1.165, 1.54) is 11.1 Å². The average molecular weight is 310 g/mol. The number of nitriles is 1. The van der Waals surface area contributed by atoms with Crippen molar-refractivity contribution in [1.82, 2.24) is 14.6 Å². The first-order valence-electron chi connectivity index (χ1n) is 7.19. The van der Waals surface area contributed by atoms with Crippen molar-refractivity contribution in [2.24, 2.45) is 0 Å². The topological polar surface area (TPSA) is 54.0 Å². The van der Waals surface area contributed by atoms with E-state index >= 15 is 0 Å². The zero-order chi connectivity index (χ0) is 16.1. The number of rotatable bonds is 1. The zero-order valence-electron chi connectivity index (χ0n) is 13.4. The summed E-state index contributed by atoms with van der Waals surface area (Å²) < 4.78 is 1.68. The third-order valence-electron chi connectivity index (χ3n) is 3.73. The molecule has 2 aromatic heterocycles. The van der Waals surface area contributed by atoms with Crippen LogP contribution in [-0.4, -0.2) is 14.6 Å². The molecule has 0 fully saturated rings. The highest BCUT2D eigenvalue weighted by Gasteiger charge is 2.23. The molecule has 0 bridgehead atoms. The molecule has 0 unspecified atom stereocenters. The van der Waals surface area contributed by atoms with Crippen LogP contribution in [0.1, 0.15) is 42.6 Å². The standard InChI is InChI=1S/C17H18N4S/c1-10-6-7-12(8-11(10)2)14-13(9-18)21-16(19-14)22-15(20-21)17(3,4)5/h6-8H,1-5H3. The number of fused-ring (bicyclic) bond motifs is 1. The number of aromatic nitrogens is 3. The van der Waals surface area contributed by atoms with Crippen molar-refractivity contribution in [2.45, 2.75) is 40.0 Å². The first kappa shape index (κ1) is 14.7. The van der Waals surface area contributed by atoms with E-state index in [9.17, 15) is 5.26 Å². The normalized spacial score (nSPS) is 11.8. The van der Waals surface area contributed by atoms with Gasteiger partial charge in [-0.05, 0) is 31.0 Å². The van der Waals surface area contributed by atoms with E-state index in [-0.39, 0.29) is 5.41 Å². The predicted molar refractivity (Wildman–Crippen MR) is 89.2 cm³/mol. The minimum absolute atomic E-state index is 0.0430. The molecule has 2 heterocycles. The lowest BCUT2D eigenvalue weighted by molar-refractivity contribution is 0.573. The Labute approximate surface area is 134 Å². The van der Waals surface area contributed by atoms with E-state index in [1.54, 1.807) is 15.9 Å². The van der Waals surface area contributed by atoms with Gasteiger partial charge in [0.1, 0.15) is 16.8 Å². The van der Waals surface area contributed by atoms with Crippen LogP contribution in [-0.2, 0) is 5.41 Å². The second-order valence-corrected chi connectivity index (χ2v) is 7.53. The zero-order valence-corrected chi connectivity index (χ0v) is 14.2. The molecule has 5 heteroatoms. The third-order valence-corrected chi connectivity index (χ3v) is 5.07. The van der Waals surface area contributed by atoms with Gasteiger partial charge < -0.3 is 0 Å². The summed E-state index contributed by atoms with van der Waals surface area (Å²) >= 11 is 1.55. The lowest BCUT2D eigenvalue weighted by Gasteiger charge is -2.12. The first-order valence-corrected chi connectivity index (χ1v) is 8.00. The molecule has 0 N–H and O–H groups in total. The van der Waals surface area contributed by atoms with E-state index < -0.39 is 0 Å². The molecule has 0 radical (unpaired) electrons. The number of nitrogens with zero attached hydrogens (tertiary/aromatic N) is 4. The summed E-state index contributed by atoms with van der Waals surface area (Å²) in [5.74, 6) is 0. The SMILES string of the molecule is Cc1ccc(-c2nc3sc(C(C)(C)C)nn3c2C#N)cc1C. The molecule has 0 aliphatic carbocycles. The Hall–Kier alpha value is -2.19. The van der Waals surface area contributed by atoms with Gasteiger partial charge in [-0.15, -0.1) is 0 Å². The summed E-state index contributed by atoms with van der Waals surface area (Å²) in [7, 11) is 0. The Balaban J connectivity index is 2.21. The van der Waals surface area contributed by atoms with Crippen LogP contribution in [0, 0.1) is 25.2 Å². The minimum atomic E-state index is -0.0430. The Morgan fingerprint density at radius 1 is 1.18 bits per heavy atom. The highest BCUT2D eigenvalue weighted by atomic mass is 32.1. The van der Waals surface area contributed by atoms with Gasteiger partial charge in [0, 0.05) is 11.0 Å². The van der Waals surface area contributed by atoms with Crippen molar-refractivity contribution < 1.29 is 0 Å². The van der Waals surface area contributed by atoms with Crippen LogP contribution >= 0.6 is 11.3 Å². The molecule has 0 amide bonds. The number of benzene rings is 1. The van der Waals surface area contributed by atoms with Crippen LogP contribution in [0.25, 0.3) is 16.2 Å². The Bertz CT molecular complexity index is 903. The molecule has 112 valence electrons. The van der Waals surface area contributed by atoms with Crippen LogP contribution < -0.4 is 0 Å². The summed E-state index contributed by atoms with van der Waals surface area (Å²) in [4.78, 5) is 5.43. The van der Waals surface area contributed by atoms with Crippen LogP contribution in [0.3, 0.4) is 0 Å². The maximum absolute atomic E-state index is 9.56. The Kier molecular flexibility index (Phi) is 3.30. The van der Waals surface area contributed by atoms with Gasteiger partial charge in [-0.25, -0.2) is 4.98 Å². The summed E-state index contributed by atoms with van der Waals surface area (Å²) in [5.41, 5.74) is 4.57. The molecular formula is C17H18N4S. The third kappa shape index (κ3) is 2.30. The Morgan fingerprint density at radius 2 is 1.91 bits per heavy atom. The van der Waals surface area contributed by atoms with Gasteiger partial charge in [-0.1, -0.05) is 44.2 Å². The molecule has 0 atom stereocenters. The predicted octanol–water partition coefficient (Wildman–Crippen LogP) is 4.24. The molecule has 0 aliphatic heterocycles. The summed E-state index contributed by atoms with van der Waals surface area (Å²) in [5, 5.41) is 15.1. The lowest BCUT2D eigenvalue weighted by atomic mass is 9.98. The smallest absolute Gasteiger partial charge is 0.214 e. The molecule has 0 spiro atoms. The fraction of sp³-hybridized carbons (Fsp3) is 0.353. The highest BCUT2D eigenvalue weighted by molar-refractivity contribution is 7.16. The minimum Gasteiger partial charge on any atom is -0.216 e. The lowest BCUT2D eigenvalue weighted by Crippen LogP contribution is -2.11. The fourth-order valence-electron chi connectivity index (χ4n) is 2.24. The van der Waals surface area contributed by atoms with E-state index in [4.69, 9.17) is 0 Å². The van der Waals surface area contributed by atoms with Crippen LogP contribution in [0.15, 0.2) is 18.2 Å². The summed E-state index contributed by atoms with van der Waals surface area (Å²) in [6, 6.07) is 8.41. The van der Waals surface area contributed by atoms with Gasteiger partial charge in [0.25, 0.3) is 0 Å². The van der Waals surface area contributed by atoms with E-state index in [1.807, 2.05) is 6.07 Å². The van der Waals surface area contributed by atoms with E-state index in [0.717, 1.165) is 15.5 Å². The van der Waals surface area contributed by atoms with Crippen molar-refractivity contribution in [3.63, 3.8) is 0 Å². The second kappa shape index (κ2) is 4.92. The monoisotopic (exact) mass is 310 g/mol. The average Bonchev–Trinajstić information content (AvgIpc) is 2.98. The van der Waals surface area contributed by atoms with Crippen molar-refractivity contribution in [2.75, 3.05) is 0 Å². The van der Waals surface area contributed by atoms with Crippen molar-refractivity contribution in [3.8, 4) is 17.3 Å². The molecule has 0 saturated heterocycles. The molecule has 1 aromatic carbocycles. The Morgan fingerprint density at radius 3 is 2.50 bits per heavy atom. The number of imidazole rings is 1. The van der Waals surface area contributed by atoms with Crippen LogP contribution in [0.5, 0.6) is 0 Å². The van der Waals surface area contributed by atoms with Crippen LogP contribution in [0.4, 0.5) is 0 Å². The first-order chi connectivity index (χ1) is 10.3. The van der Waals surface area contributed by atoms with Crippen molar-refractivity contribution >= 4 is 16.3 Å². The van der Waals surface area contributed by atoms with E-state index in [2.05, 4.69) is 62.9 Å². The molecule has 0 aliphatic rings. The molecule has 22 heavy (non-hydrogen) atoms. The second-order valence-electron chi connectivity index (χ2n) is 6.57. The van der Waals surface area contributed by atoms with Gasteiger partial charge in [0.15, 0.2) is 5.69 Å². The quantitative estimate of drug-likeness (QED) is 0.675. The number of hydrogen-bond donors (Lipinski definition) is 0. The summed E-state index contributed by atoms with van der Waals surface area (Å²) in [6.07, 6.45) is 0. The van der Waals surface area contributed by atoms with Gasteiger partial charge in [-0.3, -0.25) is 0 Å². The summed E-state index contributed by atoms with van der Waals surface area (Å²) in [6.45, 7) is 10.5. The molecular weight excluding hydrogens is 292 g/mol. The maximum Gasteiger partial charge on any atom is 0.214 e. The van der Waals surface area contributed by atoms with E-state index in [0.29, 0.717) is 11.4 Å². The van der Waals surface area contributed by atoms with Crippen LogP contribution in [0.2, 0.25) is 0 Å². The molecule has 3 rings (SSSR count). The highest BCUT2D eigenvalue weighted by Crippen LogP contribution is 2.31. The number of aryl methyl sites for hydroxylation is 2. The largest absolute Gasteiger partial charge is 0.216 e. The fourth-order valence-corrected chi connectivity index (χ4v) is 3.20. The molecule has 4 nitrogen and oxygen atoms in total. The van der Waals surface area contributed by atoms with Crippen molar-refractivity contribution in [3.05, 3.63) is 40.0 Å². The van der Waals surface area contributed by atoms with Gasteiger partial charge in [-0.2, -0.15) is 14.9 Å². The molecule has 0 saturated carbocycles. The molecule has 3 aromatic rings.